The maximum Gasteiger partial charge on any atom is 0.246 e. The molecule has 1 aromatic rings. The third kappa shape index (κ3) is 3.56. The fourth-order valence-corrected chi connectivity index (χ4v) is 4.63. The van der Waals surface area contributed by atoms with Gasteiger partial charge in [-0.3, -0.25) is 0 Å². The van der Waals surface area contributed by atoms with E-state index in [2.05, 4.69) is 31.1 Å². The first kappa shape index (κ1) is 16.7. The maximum absolute atomic E-state index is 12.9. The number of sulfonamides is 1. The third-order valence-corrected chi connectivity index (χ3v) is 6.18. The van der Waals surface area contributed by atoms with Crippen molar-refractivity contribution in [1.82, 2.24) is 14.2 Å². The summed E-state index contributed by atoms with van der Waals surface area (Å²) in [5, 5.41) is 2.85. The molecule has 21 heavy (non-hydrogen) atoms. The van der Waals surface area contributed by atoms with Gasteiger partial charge in [0.05, 0.1) is 0 Å². The van der Waals surface area contributed by atoms with Crippen LogP contribution in [0.15, 0.2) is 21.6 Å². The van der Waals surface area contributed by atoms with Crippen LogP contribution in [0.4, 0.5) is 5.82 Å². The molecule has 1 aromatic heterocycles. The fourth-order valence-electron chi connectivity index (χ4n) is 2.59. The highest BCUT2D eigenvalue weighted by Crippen LogP contribution is 2.27. The molecule has 1 aliphatic rings. The molecular formula is C13H21BrN4O2S. The monoisotopic (exact) mass is 376 g/mol. The summed E-state index contributed by atoms with van der Waals surface area (Å²) in [5.41, 5.74) is 0. The van der Waals surface area contributed by atoms with E-state index >= 15 is 0 Å². The van der Waals surface area contributed by atoms with Gasteiger partial charge in [-0.15, -0.1) is 0 Å². The molecule has 2 rings (SSSR count). The van der Waals surface area contributed by atoms with Crippen LogP contribution in [0.1, 0.15) is 12.8 Å². The Morgan fingerprint density at radius 2 is 2.24 bits per heavy atom. The van der Waals surface area contributed by atoms with Gasteiger partial charge in [-0.2, -0.15) is 4.31 Å². The molecule has 1 fully saturated rings. The van der Waals surface area contributed by atoms with Gasteiger partial charge in [0, 0.05) is 37.4 Å². The van der Waals surface area contributed by atoms with E-state index in [1.54, 1.807) is 26.4 Å². The van der Waals surface area contributed by atoms with Crippen molar-refractivity contribution >= 4 is 31.8 Å². The number of piperidine rings is 1. The molecule has 0 aromatic carbocycles. The Morgan fingerprint density at radius 3 is 2.86 bits per heavy atom. The molecule has 0 saturated carbocycles. The smallest absolute Gasteiger partial charge is 0.246 e. The number of halogens is 1. The van der Waals surface area contributed by atoms with E-state index in [4.69, 9.17) is 0 Å². The van der Waals surface area contributed by atoms with E-state index in [9.17, 15) is 8.42 Å². The Bertz CT molecular complexity index is 608. The van der Waals surface area contributed by atoms with E-state index in [0.29, 0.717) is 10.3 Å². The minimum Gasteiger partial charge on any atom is -0.372 e. The summed E-state index contributed by atoms with van der Waals surface area (Å²) >= 11 is 3.29. The van der Waals surface area contributed by atoms with Gasteiger partial charge in [0.2, 0.25) is 10.0 Å². The number of likely N-dealkylation sites (N-methyl/N-ethyl adjacent to an activating group) is 2. The Kier molecular flexibility index (Phi) is 5.24. The molecule has 0 spiro atoms. The lowest BCUT2D eigenvalue weighted by Gasteiger charge is -2.35. The van der Waals surface area contributed by atoms with Crippen molar-refractivity contribution in [3.05, 3.63) is 16.7 Å². The molecule has 0 radical (unpaired) electrons. The van der Waals surface area contributed by atoms with Crippen molar-refractivity contribution < 1.29 is 8.42 Å². The van der Waals surface area contributed by atoms with Gasteiger partial charge in [0.15, 0.2) is 0 Å². The zero-order valence-electron chi connectivity index (χ0n) is 12.5. The highest BCUT2D eigenvalue weighted by atomic mass is 79.9. The number of hydrogen-bond acceptors (Lipinski definition) is 5. The van der Waals surface area contributed by atoms with Crippen LogP contribution in [-0.2, 0) is 10.0 Å². The van der Waals surface area contributed by atoms with Gasteiger partial charge in [-0.05, 0) is 48.4 Å². The summed E-state index contributed by atoms with van der Waals surface area (Å²) in [4.78, 5) is 6.50. The average Bonchev–Trinajstić information content (AvgIpc) is 2.46. The average molecular weight is 377 g/mol. The Balaban J connectivity index is 2.35. The number of hydrogen-bond donors (Lipinski definition) is 1. The predicted molar refractivity (Wildman–Crippen MR) is 87.0 cm³/mol. The number of pyridine rings is 1. The van der Waals surface area contributed by atoms with Gasteiger partial charge in [-0.25, -0.2) is 13.4 Å². The van der Waals surface area contributed by atoms with Crippen LogP contribution in [0.3, 0.4) is 0 Å². The summed E-state index contributed by atoms with van der Waals surface area (Å²) < 4.78 is 27.9. The number of nitrogens with one attached hydrogen (secondary N) is 1. The van der Waals surface area contributed by atoms with Crippen LogP contribution >= 0.6 is 15.9 Å². The minimum atomic E-state index is -3.58. The Morgan fingerprint density at radius 1 is 1.52 bits per heavy atom. The van der Waals surface area contributed by atoms with Crippen LogP contribution in [0.25, 0.3) is 0 Å². The van der Waals surface area contributed by atoms with Gasteiger partial charge >= 0.3 is 0 Å². The highest BCUT2D eigenvalue weighted by molar-refractivity contribution is 9.10. The summed E-state index contributed by atoms with van der Waals surface area (Å²) in [7, 11) is 1.77. The second kappa shape index (κ2) is 6.60. The van der Waals surface area contributed by atoms with Crippen molar-refractivity contribution in [2.24, 2.45) is 0 Å². The van der Waals surface area contributed by atoms with Crippen molar-refractivity contribution in [3.8, 4) is 0 Å². The zero-order valence-corrected chi connectivity index (χ0v) is 14.9. The number of likely N-dealkylation sites (tertiary alicyclic amines) is 1. The number of nitrogens with zero attached hydrogens (tertiary/aromatic N) is 3. The first-order valence-electron chi connectivity index (χ1n) is 6.86. The molecular weight excluding hydrogens is 356 g/mol. The van der Waals surface area contributed by atoms with Crippen LogP contribution in [-0.4, -0.2) is 62.9 Å². The van der Waals surface area contributed by atoms with Crippen LogP contribution in [0.2, 0.25) is 0 Å². The summed E-state index contributed by atoms with van der Waals surface area (Å²) in [6.45, 7) is 1.77. The van der Waals surface area contributed by atoms with Crippen LogP contribution in [0, 0.1) is 0 Å². The lowest BCUT2D eigenvalue weighted by Crippen LogP contribution is -2.47. The summed E-state index contributed by atoms with van der Waals surface area (Å²) in [6.07, 6.45) is 3.48. The SMILES string of the molecule is CNc1ncc(Br)cc1S(=O)(=O)N(C)C1CCCN(C)C1. The van der Waals surface area contributed by atoms with Crippen molar-refractivity contribution in [2.75, 3.05) is 39.5 Å². The molecule has 0 bridgehead atoms. The molecule has 1 unspecified atom stereocenters. The normalized spacial score (nSPS) is 20.7. The fraction of sp³-hybridized carbons (Fsp3) is 0.615. The van der Waals surface area contributed by atoms with E-state index in [1.807, 2.05) is 7.05 Å². The standard InChI is InChI=1S/C13H21BrN4O2S/c1-15-13-12(7-10(14)8-16-13)21(19,20)18(3)11-5-4-6-17(2)9-11/h7-8,11H,4-6,9H2,1-3H3,(H,15,16). The molecule has 0 aliphatic carbocycles. The molecule has 118 valence electrons. The molecule has 0 amide bonds. The maximum atomic E-state index is 12.9. The second-order valence-corrected chi connectivity index (χ2v) is 8.21. The molecule has 8 heteroatoms. The number of aromatic nitrogens is 1. The van der Waals surface area contributed by atoms with E-state index in [1.165, 1.54) is 4.31 Å². The molecule has 6 nitrogen and oxygen atoms in total. The van der Waals surface area contributed by atoms with E-state index < -0.39 is 10.0 Å². The second-order valence-electron chi connectivity index (χ2n) is 5.33. The first-order valence-corrected chi connectivity index (χ1v) is 9.09. The van der Waals surface area contributed by atoms with Gasteiger partial charge in [0.1, 0.15) is 10.7 Å². The predicted octanol–water partition coefficient (Wildman–Crippen LogP) is 1.60. The van der Waals surface area contributed by atoms with Gasteiger partial charge in [0.25, 0.3) is 0 Å². The molecule has 1 atom stereocenters. The highest BCUT2D eigenvalue weighted by Gasteiger charge is 2.32. The largest absolute Gasteiger partial charge is 0.372 e. The topological polar surface area (TPSA) is 65.5 Å². The summed E-state index contributed by atoms with van der Waals surface area (Å²) in [6, 6.07) is 1.59. The lowest BCUT2D eigenvalue weighted by atomic mass is 10.1. The molecule has 1 aliphatic heterocycles. The number of rotatable bonds is 4. The minimum absolute atomic E-state index is 0.00237. The molecule has 1 saturated heterocycles. The van der Waals surface area contributed by atoms with Crippen molar-refractivity contribution in [2.45, 2.75) is 23.8 Å². The number of anilines is 1. The van der Waals surface area contributed by atoms with Crippen LogP contribution in [0.5, 0.6) is 0 Å². The van der Waals surface area contributed by atoms with Crippen molar-refractivity contribution in [1.29, 1.82) is 0 Å². The third-order valence-electron chi connectivity index (χ3n) is 3.83. The Hall–Kier alpha value is -0.700. The lowest BCUT2D eigenvalue weighted by molar-refractivity contribution is 0.187. The van der Waals surface area contributed by atoms with E-state index in [-0.39, 0.29) is 10.9 Å². The van der Waals surface area contributed by atoms with E-state index in [0.717, 1.165) is 25.9 Å². The molecule has 2 heterocycles. The van der Waals surface area contributed by atoms with Gasteiger partial charge < -0.3 is 10.2 Å². The molecule has 1 N–H and O–H groups in total. The van der Waals surface area contributed by atoms with Crippen LogP contribution < -0.4 is 5.32 Å². The Labute approximate surface area is 134 Å². The van der Waals surface area contributed by atoms with Crippen molar-refractivity contribution in [3.63, 3.8) is 0 Å². The zero-order chi connectivity index (χ0) is 15.6. The summed E-state index contributed by atoms with van der Waals surface area (Å²) in [5.74, 6) is 0.370. The quantitative estimate of drug-likeness (QED) is 0.864. The van der Waals surface area contributed by atoms with Gasteiger partial charge in [-0.1, -0.05) is 0 Å². The first-order chi connectivity index (χ1) is 9.86.